The first-order valence-electron chi connectivity index (χ1n) is 10.3. The van der Waals surface area contributed by atoms with Crippen LogP contribution < -0.4 is 14.8 Å². The quantitative estimate of drug-likeness (QED) is 0.467. The Bertz CT molecular complexity index is 1250. The van der Waals surface area contributed by atoms with Gasteiger partial charge in [-0.05, 0) is 61.7 Å². The molecular formula is C26H24N2O4. The van der Waals surface area contributed by atoms with Crippen molar-refractivity contribution in [3.8, 4) is 22.6 Å². The van der Waals surface area contributed by atoms with Crippen molar-refractivity contribution in [2.24, 2.45) is 0 Å². The van der Waals surface area contributed by atoms with Gasteiger partial charge >= 0.3 is 5.97 Å². The minimum absolute atomic E-state index is 0.156. The average molecular weight is 428 g/mol. The maximum Gasteiger partial charge on any atom is 0.308 e. The van der Waals surface area contributed by atoms with E-state index in [9.17, 15) is 9.59 Å². The molecule has 0 saturated carbocycles. The third-order valence-corrected chi connectivity index (χ3v) is 5.63. The van der Waals surface area contributed by atoms with E-state index >= 15 is 0 Å². The van der Waals surface area contributed by atoms with Crippen LogP contribution in [0.15, 0.2) is 54.4 Å². The predicted octanol–water partition coefficient (Wildman–Crippen LogP) is 5.01. The number of esters is 1. The summed E-state index contributed by atoms with van der Waals surface area (Å²) < 4.78 is 11.4. The second-order valence-corrected chi connectivity index (χ2v) is 7.73. The minimum Gasteiger partial charge on any atom is -0.488 e. The summed E-state index contributed by atoms with van der Waals surface area (Å²) in [6.45, 7) is 7.21. The number of carbonyl (C=O) groups is 2. The number of hydrogen-bond acceptors (Lipinski definition) is 5. The van der Waals surface area contributed by atoms with Gasteiger partial charge in [-0.25, -0.2) is 0 Å². The van der Waals surface area contributed by atoms with Gasteiger partial charge in [-0.3, -0.25) is 14.6 Å². The third-order valence-electron chi connectivity index (χ3n) is 5.63. The standard InChI is InChI=1S/C26H24N2O4/c1-15-16(2)25-22(17(3)24(15)32-18(4)29)13-20(14-31-25)26(30)28-23-8-6-5-7-21(23)19-9-11-27-12-10-19/h5-13H,14H2,1-4H3,(H,28,30). The molecule has 0 atom stereocenters. The first kappa shape index (κ1) is 21.3. The summed E-state index contributed by atoms with van der Waals surface area (Å²) in [7, 11) is 0. The molecule has 0 bridgehead atoms. The van der Waals surface area contributed by atoms with E-state index in [-0.39, 0.29) is 18.5 Å². The number of carbonyl (C=O) groups excluding carboxylic acids is 2. The normalized spacial score (nSPS) is 12.3. The van der Waals surface area contributed by atoms with E-state index in [1.165, 1.54) is 6.92 Å². The maximum absolute atomic E-state index is 13.1. The van der Waals surface area contributed by atoms with Crippen molar-refractivity contribution in [2.45, 2.75) is 27.7 Å². The summed E-state index contributed by atoms with van der Waals surface area (Å²) in [6.07, 6.45) is 5.25. The van der Waals surface area contributed by atoms with Crippen LogP contribution in [0.3, 0.4) is 0 Å². The molecular weight excluding hydrogens is 404 g/mol. The number of rotatable bonds is 4. The molecule has 3 aromatic rings. The molecule has 2 heterocycles. The van der Waals surface area contributed by atoms with Gasteiger partial charge in [-0.2, -0.15) is 0 Å². The van der Waals surface area contributed by atoms with Crippen molar-refractivity contribution in [1.29, 1.82) is 0 Å². The molecule has 6 nitrogen and oxygen atoms in total. The number of anilines is 1. The Balaban J connectivity index is 1.69. The molecule has 0 unspecified atom stereocenters. The molecule has 0 aliphatic carbocycles. The molecule has 6 heteroatoms. The van der Waals surface area contributed by atoms with Gasteiger partial charge in [-0.15, -0.1) is 0 Å². The Labute approximate surface area is 186 Å². The highest BCUT2D eigenvalue weighted by molar-refractivity contribution is 6.09. The van der Waals surface area contributed by atoms with E-state index in [1.54, 1.807) is 12.4 Å². The van der Waals surface area contributed by atoms with Crippen LogP contribution in [0.4, 0.5) is 5.69 Å². The number of benzene rings is 2. The van der Waals surface area contributed by atoms with Gasteiger partial charge in [0, 0.05) is 41.7 Å². The van der Waals surface area contributed by atoms with E-state index in [0.717, 1.165) is 33.4 Å². The van der Waals surface area contributed by atoms with Gasteiger partial charge in [0.05, 0.1) is 5.57 Å². The molecule has 4 rings (SSSR count). The number of nitrogens with one attached hydrogen (secondary N) is 1. The second-order valence-electron chi connectivity index (χ2n) is 7.73. The number of fused-ring (bicyclic) bond motifs is 1. The molecule has 2 aromatic carbocycles. The Hall–Kier alpha value is -3.93. The molecule has 1 aliphatic rings. The monoisotopic (exact) mass is 428 g/mol. The van der Waals surface area contributed by atoms with Crippen molar-refractivity contribution in [1.82, 2.24) is 4.98 Å². The number of aromatic nitrogens is 1. The fraction of sp³-hybridized carbons (Fsp3) is 0.192. The number of hydrogen-bond donors (Lipinski definition) is 1. The molecule has 1 aliphatic heterocycles. The Morgan fingerprint density at radius 3 is 2.44 bits per heavy atom. The number of nitrogens with zero attached hydrogens (tertiary/aromatic N) is 1. The lowest BCUT2D eigenvalue weighted by Gasteiger charge is -2.24. The van der Waals surface area contributed by atoms with Crippen LogP contribution >= 0.6 is 0 Å². The van der Waals surface area contributed by atoms with Gasteiger partial charge in [-0.1, -0.05) is 18.2 Å². The zero-order valence-electron chi connectivity index (χ0n) is 18.5. The average Bonchev–Trinajstić information content (AvgIpc) is 2.81. The predicted molar refractivity (Wildman–Crippen MR) is 124 cm³/mol. The van der Waals surface area contributed by atoms with Crippen molar-refractivity contribution in [3.63, 3.8) is 0 Å². The van der Waals surface area contributed by atoms with Gasteiger partial charge in [0.1, 0.15) is 18.1 Å². The summed E-state index contributed by atoms with van der Waals surface area (Å²) >= 11 is 0. The Kier molecular flexibility index (Phi) is 5.77. The number of ether oxygens (including phenoxy) is 2. The van der Waals surface area contributed by atoms with E-state index < -0.39 is 0 Å². The minimum atomic E-state index is -0.387. The summed E-state index contributed by atoms with van der Waals surface area (Å²) in [5.74, 6) is 0.591. The van der Waals surface area contributed by atoms with Crippen LogP contribution in [0.2, 0.25) is 0 Å². The first-order valence-corrected chi connectivity index (χ1v) is 10.3. The zero-order valence-corrected chi connectivity index (χ0v) is 18.5. The van der Waals surface area contributed by atoms with E-state index in [1.807, 2.05) is 63.2 Å². The summed E-state index contributed by atoms with van der Waals surface area (Å²) in [5, 5.41) is 3.01. The summed E-state index contributed by atoms with van der Waals surface area (Å²) in [6, 6.07) is 11.4. The molecule has 162 valence electrons. The molecule has 32 heavy (non-hydrogen) atoms. The fourth-order valence-corrected chi connectivity index (χ4v) is 3.85. The fourth-order valence-electron chi connectivity index (χ4n) is 3.85. The van der Waals surface area contributed by atoms with E-state index in [2.05, 4.69) is 10.3 Å². The lowest BCUT2D eigenvalue weighted by atomic mass is 9.94. The molecule has 1 N–H and O–H groups in total. The van der Waals surface area contributed by atoms with Crippen molar-refractivity contribution < 1.29 is 19.1 Å². The van der Waals surface area contributed by atoms with Crippen LogP contribution in [0.1, 0.15) is 29.2 Å². The van der Waals surface area contributed by atoms with Crippen molar-refractivity contribution in [3.05, 3.63) is 76.6 Å². The number of amides is 1. The molecule has 0 radical (unpaired) electrons. The van der Waals surface area contributed by atoms with Crippen LogP contribution in [0, 0.1) is 20.8 Å². The van der Waals surface area contributed by atoms with Crippen LogP contribution in [-0.4, -0.2) is 23.5 Å². The Morgan fingerprint density at radius 2 is 1.72 bits per heavy atom. The zero-order chi connectivity index (χ0) is 22.8. The maximum atomic E-state index is 13.1. The highest BCUT2D eigenvalue weighted by atomic mass is 16.5. The van der Waals surface area contributed by atoms with Gasteiger partial charge in [0.2, 0.25) is 0 Å². The second kappa shape index (κ2) is 8.67. The van der Waals surface area contributed by atoms with Crippen LogP contribution in [0.25, 0.3) is 17.2 Å². The molecule has 0 fully saturated rings. The lowest BCUT2D eigenvalue weighted by molar-refractivity contribution is -0.132. The largest absolute Gasteiger partial charge is 0.488 e. The highest BCUT2D eigenvalue weighted by Crippen LogP contribution is 2.41. The van der Waals surface area contributed by atoms with E-state index in [4.69, 9.17) is 9.47 Å². The molecule has 1 aromatic heterocycles. The molecule has 1 amide bonds. The van der Waals surface area contributed by atoms with Gasteiger partial charge in [0.15, 0.2) is 0 Å². The topological polar surface area (TPSA) is 77.5 Å². The highest BCUT2D eigenvalue weighted by Gasteiger charge is 2.25. The molecule has 0 spiro atoms. The molecule has 0 saturated heterocycles. The third kappa shape index (κ3) is 3.99. The SMILES string of the molecule is CC(=O)Oc1c(C)c(C)c2c(c1C)C=C(C(=O)Nc1ccccc1-c1ccncc1)CO2. The summed E-state index contributed by atoms with van der Waals surface area (Å²) in [5.41, 5.74) is 6.31. The van der Waals surface area contributed by atoms with Crippen LogP contribution in [0.5, 0.6) is 11.5 Å². The lowest BCUT2D eigenvalue weighted by Crippen LogP contribution is -2.22. The van der Waals surface area contributed by atoms with Crippen molar-refractivity contribution in [2.75, 3.05) is 11.9 Å². The summed E-state index contributed by atoms with van der Waals surface area (Å²) in [4.78, 5) is 28.8. The van der Waals surface area contributed by atoms with Gasteiger partial charge in [0.25, 0.3) is 5.91 Å². The first-order chi connectivity index (χ1) is 15.4. The van der Waals surface area contributed by atoms with Crippen LogP contribution in [-0.2, 0) is 9.59 Å². The number of para-hydroxylation sites is 1. The van der Waals surface area contributed by atoms with E-state index in [0.29, 0.717) is 22.8 Å². The van der Waals surface area contributed by atoms with Gasteiger partial charge < -0.3 is 14.8 Å². The Morgan fingerprint density at radius 1 is 1.00 bits per heavy atom. The van der Waals surface area contributed by atoms with Crippen molar-refractivity contribution >= 4 is 23.6 Å². The smallest absolute Gasteiger partial charge is 0.308 e. The number of pyridine rings is 1.